The van der Waals surface area contributed by atoms with Crippen molar-refractivity contribution < 1.29 is 0 Å². The molecule has 0 aliphatic carbocycles. The van der Waals surface area contributed by atoms with Crippen LogP contribution in [0.5, 0.6) is 0 Å². The second kappa shape index (κ2) is 13.1. The van der Waals surface area contributed by atoms with Crippen LogP contribution in [0.3, 0.4) is 0 Å². The number of rotatable bonds is 6. The molecule has 262 valence electrons. The van der Waals surface area contributed by atoms with Crippen LogP contribution in [0, 0.1) is 0 Å². The highest BCUT2D eigenvalue weighted by Gasteiger charge is 2.22. The van der Waals surface area contributed by atoms with E-state index in [1.165, 1.54) is 44.1 Å². The molecular weight excluding hydrogens is 679 g/mol. The number of benzene rings is 8. The Kier molecular flexibility index (Phi) is 7.49. The molecule has 0 aliphatic heterocycles. The van der Waals surface area contributed by atoms with Gasteiger partial charge in [0, 0.05) is 38.7 Å². The molecule has 8 aromatic carbocycles. The van der Waals surface area contributed by atoms with Gasteiger partial charge in [-0.25, -0.2) is 4.98 Å². The second-order valence-corrected chi connectivity index (χ2v) is 14.3. The lowest BCUT2D eigenvalue weighted by Crippen LogP contribution is -1.96. The Morgan fingerprint density at radius 2 is 0.839 bits per heavy atom. The summed E-state index contributed by atoms with van der Waals surface area (Å²) in [6.07, 6.45) is 0. The predicted molar refractivity (Wildman–Crippen MR) is 235 cm³/mol. The van der Waals surface area contributed by atoms with Crippen molar-refractivity contribution in [2.24, 2.45) is 0 Å². The number of para-hydroxylation sites is 2. The molecule has 11 rings (SSSR count). The summed E-state index contributed by atoms with van der Waals surface area (Å²) in [7, 11) is 0. The summed E-state index contributed by atoms with van der Waals surface area (Å²) in [5.41, 5.74) is 16.9. The maximum atomic E-state index is 5.63. The van der Waals surface area contributed by atoms with Gasteiger partial charge in [-0.3, -0.25) is 0 Å². The highest BCUT2D eigenvalue weighted by molar-refractivity contribution is 6.18. The van der Waals surface area contributed by atoms with E-state index in [1.807, 2.05) is 0 Å². The van der Waals surface area contributed by atoms with E-state index < -0.39 is 0 Å². The van der Waals surface area contributed by atoms with E-state index >= 15 is 0 Å². The van der Waals surface area contributed by atoms with Crippen molar-refractivity contribution in [1.82, 2.24) is 14.1 Å². The smallest absolute Gasteiger partial charge is 0.0977 e. The summed E-state index contributed by atoms with van der Waals surface area (Å²) >= 11 is 0. The Labute approximate surface area is 325 Å². The van der Waals surface area contributed by atoms with E-state index in [9.17, 15) is 0 Å². The maximum absolute atomic E-state index is 5.63. The van der Waals surface area contributed by atoms with E-state index in [2.05, 4.69) is 221 Å². The molecule has 3 nitrogen and oxygen atoms in total. The fraction of sp³-hybridized carbons (Fsp3) is 0. The third-order valence-corrected chi connectivity index (χ3v) is 11.1. The Bertz CT molecular complexity index is 3200. The maximum Gasteiger partial charge on any atom is 0.0977 e. The zero-order chi connectivity index (χ0) is 37.0. The SMILES string of the molecule is c1ccc(-c2ccc(-n3c4ccc(-c5ccc6c(c5)c5ccccc5n6-c5ccccc5)nc4c4c(-c5ccccc5)ccc(-c5ccccc5)c43)cc2)cc1. The van der Waals surface area contributed by atoms with Crippen molar-refractivity contribution >= 4 is 43.7 Å². The lowest BCUT2D eigenvalue weighted by Gasteiger charge is -2.14. The minimum absolute atomic E-state index is 0.943. The zero-order valence-electron chi connectivity index (χ0n) is 30.5. The highest BCUT2D eigenvalue weighted by atomic mass is 15.0. The molecule has 0 aliphatic rings. The largest absolute Gasteiger partial charge is 0.309 e. The van der Waals surface area contributed by atoms with Gasteiger partial charge in [0.05, 0.1) is 33.3 Å². The lowest BCUT2D eigenvalue weighted by molar-refractivity contribution is 1.18. The molecule has 3 heteroatoms. The highest BCUT2D eigenvalue weighted by Crippen LogP contribution is 2.44. The second-order valence-electron chi connectivity index (χ2n) is 14.3. The van der Waals surface area contributed by atoms with Crippen molar-refractivity contribution in [3.8, 4) is 56.0 Å². The Morgan fingerprint density at radius 1 is 0.321 bits per heavy atom. The van der Waals surface area contributed by atoms with Crippen LogP contribution in [-0.4, -0.2) is 14.1 Å². The zero-order valence-corrected chi connectivity index (χ0v) is 30.5. The number of fused-ring (bicyclic) bond motifs is 6. The van der Waals surface area contributed by atoms with Crippen molar-refractivity contribution in [2.75, 3.05) is 0 Å². The third-order valence-electron chi connectivity index (χ3n) is 11.1. The van der Waals surface area contributed by atoms with Gasteiger partial charge in [-0.1, -0.05) is 158 Å². The van der Waals surface area contributed by atoms with Gasteiger partial charge in [0.2, 0.25) is 0 Å². The summed E-state index contributed by atoms with van der Waals surface area (Å²) in [6, 6.07) is 76.1. The van der Waals surface area contributed by atoms with E-state index in [4.69, 9.17) is 4.98 Å². The first-order valence-electron chi connectivity index (χ1n) is 19.1. The van der Waals surface area contributed by atoms with Crippen LogP contribution in [0.15, 0.2) is 212 Å². The first-order valence-corrected chi connectivity index (χ1v) is 19.1. The van der Waals surface area contributed by atoms with Gasteiger partial charge < -0.3 is 9.13 Å². The van der Waals surface area contributed by atoms with Gasteiger partial charge in [-0.2, -0.15) is 0 Å². The molecule has 0 saturated heterocycles. The predicted octanol–water partition coefficient (Wildman–Crippen LogP) is 13.9. The topological polar surface area (TPSA) is 22.8 Å². The van der Waals surface area contributed by atoms with Gasteiger partial charge in [0.15, 0.2) is 0 Å². The van der Waals surface area contributed by atoms with Gasteiger partial charge in [0.25, 0.3) is 0 Å². The van der Waals surface area contributed by atoms with Crippen molar-refractivity contribution in [3.05, 3.63) is 212 Å². The summed E-state index contributed by atoms with van der Waals surface area (Å²) in [5, 5.41) is 3.58. The van der Waals surface area contributed by atoms with E-state index in [1.54, 1.807) is 0 Å². The van der Waals surface area contributed by atoms with Gasteiger partial charge in [-0.05, 0) is 82.4 Å². The van der Waals surface area contributed by atoms with Crippen LogP contribution in [0.2, 0.25) is 0 Å². The first-order chi connectivity index (χ1) is 27.8. The Morgan fingerprint density at radius 3 is 1.55 bits per heavy atom. The van der Waals surface area contributed by atoms with E-state index in [-0.39, 0.29) is 0 Å². The number of hydrogen-bond acceptors (Lipinski definition) is 1. The van der Waals surface area contributed by atoms with E-state index in [0.717, 1.165) is 55.7 Å². The summed E-state index contributed by atoms with van der Waals surface area (Å²) < 4.78 is 4.78. The molecule has 3 aromatic heterocycles. The molecule has 0 saturated carbocycles. The summed E-state index contributed by atoms with van der Waals surface area (Å²) in [4.78, 5) is 5.63. The van der Waals surface area contributed by atoms with Crippen LogP contribution >= 0.6 is 0 Å². The molecule has 0 spiro atoms. The number of pyridine rings is 1. The fourth-order valence-electron chi connectivity index (χ4n) is 8.56. The van der Waals surface area contributed by atoms with Crippen LogP contribution < -0.4 is 0 Å². The molecule has 0 bridgehead atoms. The summed E-state index contributed by atoms with van der Waals surface area (Å²) in [5.74, 6) is 0. The molecular formula is C53H35N3. The lowest BCUT2D eigenvalue weighted by atomic mass is 9.95. The van der Waals surface area contributed by atoms with Crippen LogP contribution in [0.1, 0.15) is 0 Å². The standard InChI is InChI=1S/C53H35N3/c1-5-15-36(16-6-1)37-25-28-42(29-26-37)56-50-34-32-47(40-27-33-49-46(35-40)45-23-13-14-24-48(45)55(49)41-21-11-4-12-22-41)54-52(50)51-43(38-17-7-2-8-18-38)30-31-44(53(51)56)39-19-9-3-10-20-39/h1-35H. The molecule has 0 atom stereocenters. The quantitative estimate of drug-likeness (QED) is 0.168. The Balaban J connectivity index is 1.19. The van der Waals surface area contributed by atoms with Gasteiger partial charge >= 0.3 is 0 Å². The Hall–Kier alpha value is -7.49. The number of nitrogens with zero attached hydrogens (tertiary/aromatic N) is 3. The molecule has 3 heterocycles. The minimum atomic E-state index is 0.943. The number of aromatic nitrogens is 3. The molecule has 0 radical (unpaired) electrons. The molecule has 11 aromatic rings. The van der Waals surface area contributed by atoms with Crippen molar-refractivity contribution in [2.45, 2.75) is 0 Å². The molecule has 0 fully saturated rings. The first kappa shape index (κ1) is 32.0. The van der Waals surface area contributed by atoms with Gasteiger partial charge in [0.1, 0.15) is 0 Å². The molecule has 0 amide bonds. The monoisotopic (exact) mass is 713 g/mol. The fourth-order valence-corrected chi connectivity index (χ4v) is 8.56. The minimum Gasteiger partial charge on any atom is -0.309 e. The van der Waals surface area contributed by atoms with E-state index in [0.29, 0.717) is 0 Å². The van der Waals surface area contributed by atoms with Crippen molar-refractivity contribution in [3.63, 3.8) is 0 Å². The van der Waals surface area contributed by atoms with Crippen molar-refractivity contribution in [1.29, 1.82) is 0 Å². The van der Waals surface area contributed by atoms with Crippen LogP contribution in [0.4, 0.5) is 0 Å². The molecule has 0 unspecified atom stereocenters. The normalized spacial score (nSPS) is 11.6. The molecule has 0 N–H and O–H groups in total. The average Bonchev–Trinajstić information content (AvgIpc) is 3.80. The average molecular weight is 714 g/mol. The number of hydrogen-bond donors (Lipinski definition) is 0. The third kappa shape index (κ3) is 5.17. The van der Waals surface area contributed by atoms with Crippen LogP contribution in [0.25, 0.3) is 99.8 Å². The van der Waals surface area contributed by atoms with Crippen LogP contribution in [-0.2, 0) is 0 Å². The molecule has 56 heavy (non-hydrogen) atoms. The van der Waals surface area contributed by atoms with Gasteiger partial charge in [-0.15, -0.1) is 0 Å². The summed E-state index contributed by atoms with van der Waals surface area (Å²) in [6.45, 7) is 0.